The average Bonchev–Trinajstić information content (AvgIpc) is 2.73. The van der Waals surface area contributed by atoms with Crippen molar-refractivity contribution in [1.82, 2.24) is 5.43 Å². The second kappa shape index (κ2) is 4.65. The van der Waals surface area contributed by atoms with Crippen molar-refractivity contribution in [3.05, 3.63) is 28.8 Å². The molecule has 4 heteroatoms. The van der Waals surface area contributed by atoms with Crippen LogP contribution < -0.4 is 16.0 Å². The molecular weight excluding hydrogens is 260 g/mol. The fraction of sp³-hybridized carbons (Fsp3) is 0.600. The van der Waals surface area contributed by atoms with E-state index >= 15 is 0 Å². The number of nitrogens with one attached hydrogen (secondary N) is 1. The summed E-state index contributed by atoms with van der Waals surface area (Å²) in [5, 5.41) is 0.701. The molecule has 19 heavy (non-hydrogen) atoms. The molecule has 2 rings (SSSR count). The second-order valence-electron chi connectivity index (χ2n) is 6.45. The van der Waals surface area contributed by atoms with Crippen LogP contribution in [0.5, 0.6) is 5.75 Å². The number of hydrogen-bond acceptors (Lipinski definition) is 3. The van der Waals surface area contributed by atoms with Gasteiger partial charge in [0.25, 0.3) is 0 Å². The minimum absolute atomic E-state index is 0.0404. The van der Waals surface area contributed by atoms with E-state index in [-0.39, 0.29) is 16.9 Å². The van der Waals surface area contributed by atoms with Crippen LogP contribution in [0, 0.1) is 16.7 Å². The summed E-state index contributed by atoms with van der Waals surface area (Å²) in [7, 11) is 1.67. The Morgan fingerprint density at radius 2 is 1.84 bits per heavy atom. The second-order valence-corrected chi connectivity index (χ2v) is 6.89. The van der Waals surface area contributed by atoms with Gasteiger partial charge in [0, 0.05) is 10.6 Å². The number of nitrogens with two attached hydrogens (primary N) is 1. The SMILES string of the molecule is COc1ccc(Cl)cc1C(NN)C1C(C)(C)C1(C)C. The predicted molar refractivity (Wildman–Crippen MR) is 79.1 cm³/mol. The standard InChI is InChI=1S/C15H23ClN2O/c1-14(2)13(15(14,3)4)12(18-17)10-8-9(16)6-7-11(10)19-5/h6-8,12-13,18H,17H2,1-5H3. The van der Waals surface area contributed by atoms with Crippen molar-refractivity contribution in [3.8, 4) is 5.75 Å². The highest BCUT2D eigenvalue weighted by Gasteiger charge is 2.67. The van der Waals surface area contributed by atoms with Crippen LogP contribution in [0.3, 0.4) is 0 Å². The average molecular weight is 283 g/mol. The molecule has 0 heterocycles. The number of hydrogen-bond donors (Lipinski definition) is 2. The largest absolute Gasteiger partial charge is 0.496 e. The van der Waals surface area contributed by atoms with Crippen LogP contribution in [0.4, 0.5) is 0 Å². The number of ether oxygens (including phenoxy) is 1. The summed E-state index contributed by atoms with van der Waals surface area (Å²) in [6.45, 7) is 9.11. The van der Waals surface area contributed by atoms with Gasteiger partial charge in [-0.15, -0.1) is 0 Å². The van der Waals surface area contributed by atoms with Crippen LogP contribution in [0.15, 0.2) is 18.2 Å². The highest BCUT2D eigenvalue weighted by Crippen LogP contribution is 2.72. The van der Waals surface area contributed by atoms with Crippen molar-refractivity contribution in [1.29, 1.82) is 0 Å². The maximum Gasteiger partial charge on any atom is 0.123 e. The third-order valence-corrected chi connectivity index (χ3v) is 5.41. The van der Waals surface area contributed by atoms with E-state index in [4.69, 9.17) is 22.2 Å². The van der Waals surface area contributed by atoms with Crippen molar-refractivity contribution in [2.75, 3.05) is 7.11 Å². The molecule has 0 spiro atoms. The van der Waals surface area contributed by atoms with Crippen LogP contribution in [0.1, 0.15) is 39.3 Å². The molecule has 3 N–H and O–H groups in total. The smallest absolute Gasteiger partial charge is 0.123 e. The number of halogens is 1. The lowest BCUT2D eigenvalue weighted by Gasteiger charge is -2.21. The van der Waals surface area contributed by atoms with E-state index in [2.05, 4.69) is 33.1 Å². The Morgan fingerprint density at radius 1 is 1.26 bits per heavy atom. The van der Waals surface area contributed by atoms with E-state index in [1.54, 1.807) is 7.11 Å². The van der Waals surface area contributed by atoms with Gasteiger partial charge in [0.15, 0.2) is 0 Å². The quantitative estimate of drug-likeness (QED) is 0.656. The Balaban J connectivity index is 2.42. The third-order valence-electron chi connectivity index (χ3n) is 5.17. The van der Waals surface area contributed by atoms with Gasteiger partial charge < -0.3 is 4.74 Å². The first-order valence-corrected chi connectivity index (χ1v) is 6.94. The van der Waals surface area contributed by atoms with Gasteiger partial charge in [-0.05, 0) is 34.9 Å². The van der Waals surface area contributed by atoms with Crippen molar-refractivity contribution < 1.29 is 4.74 Å². The lowest BCUT2D eigenvalue weighted by molar-refractivity contribution is 0.373. The minimum Gasteiger partial charge on any atom is -0.496 e. The summed E-state index contributed by atoms with van der Waals surface area (Å²) >= 11 is 6.12. The summed E-state index contributed by atoms with van der Waals surface area (Å²) in [6.07, 6.45) is 0. The number of methoxy groups -OCH3 is 1. The number of benzene rings is 1. The maximum atomic E-state index is 6.12. The van der Waals surface area contributed by atoms with Crippen LogP contribution in [0.2, 0.25) is 5.02 Å². The molecule has 3 nitrogen and oxygen atoms in total. The zero-order valence-corrected chi connectivity index (χ0v) is 13.0. The van der Waals surface area contributed by atoms with E-state index in [1.165, 1.54) is 0 Å². The van der Waals surface area contributed by atoms with Crippen molar-refractivity contribution >= 4 is 11.6 Å². The molecule has 1 aromatic rings. The highest BCUT2D eigenvalue weighted by molar-refractivity contribution is 6.30. The molecule has 1 aromatic carbocycles. The molecule has 1 atom stereocenters. The summed E-state index contributed by atoms with van der Waals surface area (Å²) in [5.74, 6) is 7.08. The first-order valence-electron chi connectivity index (χ1n) is 6.57. The first-order chi connectivity index (χ1) is 8.77. The van der Waals surface area contributed by atoms with Gasteiger partial charge in [0.1, 0.15) is 5.75 Å². The maximum absolute atomic E-state index is 6.12. The Labute approximate surface area is 120 Å². The summed E-state index contributed by atoms with van der Waals surface area (Å²) in [6, 6.07) is 5.71. The lowest BCUT2D eigenvalue weighted by atomic mass is 9.96. The van der Waals surface area contributed by atoms with Gasteiger partial charge >= 0.3 is 0 Å². The molecule has 106 valence electrons. The molecule has 1 aliphatic rings. The Bertz CT molecular complexity index is 471. The summed E-state index contributed by atoms with van der Waals surface area (Å²) in [4.78, 5) is 0. The predicted octanol–water partition coefficient (Wildman–Crippen LogP) is 3.54. The Kier molecular flexibility index (Phi) is 3.58. The fourth-order valence-corrected chi connectivity index (χ4v) is 3.58. The van der Waals surface area contributed by atoms with E-state index in [9.17, 15) is 0 Å². The lowest BCUT2D eigenvalue weighted by Crippen LogP contribution is -2.31. The summed E-state index contributed by atoms with van der Waals surface area (Å²) < 4.78 is 5.44. The van der Waals surface area contributed by atoms with Gasteiger partial charge in [-0.1, -0.05) is 39.3 Å². The van der Waals surface area contributed by atoms with E-state index in [0.717, 1.165) is 11.3 Å². The molecule has 1 unspecified atom stereocenters. The minimum atomic E-state index is 0.0404. The summed E-state index contributed by atoms with van der Waals surface area (Å²) in [5.41, 5.74) is 4.45. The number of hydrazine groups is 1. The van der Waals surface area contributed by atoms with Crippen molar-refractivity contribution in [2.45, 2.75) is 33.7 Å². The van der Waals surface area contributed by atoms with Gasteiger partial charge in [-0.2, -0.15) is 0 Å². The van der Waals surface area contributed by atoms with Crippen LogP contribution in [0.25, 0.3) is 0 Å². The Hall–Kier alpha value is -0.770. The molecule has 1 fully saturated rings. The highest BCUT2D eigenvalue weighted by atomic mass is 35.5. The van der Waals surface area contributed by atoms with E-state index in [1.807, 2.05) is 18.2 Å². The molecule has 1 saturated carbocycles. The van der Waals surface area contributed by atoms with Crippen LogP contribution in [-0.2, 0) is 0 Å². The molecular formula is C15H23ClN2O. The number of rotatable bonds is 4. The molecule has 0 amide bonds. The topological polar surface area (TPSA) is 47.3 Å². The normalized spacial score (nSPS) is 22.1. The Morgan fingerprint density at radius 3 is 2.26 bits per heavy atom. The fourth-order valence-electron chi connectivity index (χ4n) is 3.39. The zero-order chi connectivity index (χ0) is 14.4. The molecule has 0 radical (unpaired) electrons. The van der Waals surface area contributed by atoms with E-state index in [0.29, 0.717) is 10.9 Å². The monoisotopic (exact) mass is 282 g/mol. The molecule has 0 aliphatic heterocycles. The van der Waals surface area contributed by atoms with Crippen LogP contribution in [-0.4, -0.2) is 7.11 Å². The first kappa shape index (κ1) is 14.6. The molecule has 1 aliphatic carbocycles. The molecule has 0 bridgehead atoms. The van der Waals surface area contributed by atoms with Crippen LogP contribution >= 0.6 is 11.6 Å². The van der Waals surface area contributed by atoms with Gasteiger partial charge in [0.05, 0.1) is 13.2 Å². The zero-order valence-electron chi connectivity index (χ0n) is 12.3. The molecule has 0 saturated heterocycles. The van der Waals surface area contributed by atoms with Crippen molar-refractivity contribution in [3.63, 3.8) is 0 Å². The van der Waals surface area contributed by atoms with Crippen molar-refractivity contribution in [2.24, 2.45) is 22.6 Å². The van der Waals surface area contributed by atoms with Gasteiger partial charge in [0.2, 0.25) is 0 Å². The van der Waals surface area contributed by atoms with Gasteiger partial charge in [-0.3, -0.25) is 11.3 Å². The van der Waals surface area contributed by atoms with Gasteiger partial charge in [-0.25, -0.2) is 0 Å². The third kappa shape index (κ3) is 2.14. The van der Waals surface area contributed by atoms with E-state index < -0.39 is 0 Å². The molecule has 0 aromatic heterocycles.